The summed E-state index contributed by atoms with van der Waals surface area (Å²) in [5.74, 6) is -34.1. The third kappa shape index (κ3) is 8.93. The zero-order valence-corrected chi connectivity index (χ0v) is 23.1. The van der Waals surface area contributed by atoms with Gasteiger partial charge in [-0.05, 0) is 25.9 Å². The molecular formula is C27H27F16N. The van der Waals surface area contributed by atoms with Crippen LogP contribution in [0.2, 0.25) is 0 Å². The van der Waals surface area contributed by atoms with Crippen molar-refractivity contribution < 1.29 is 70.2 Å². The van der Waals surface area contributed by atoms with Crippen molar-refractivity contribution in [3.63, 3.8) is 0 Å². The first-order valence-electron chi connectivity index (χ1n) is 13.1. The standard InChI is InChI=1S/C15F16.C12H27N/c16-5-2(6(17)10(21)12(23)9(5)20)1-3(13(24,25)15(29,30)31)7(18)11(22)8(19)4(1)14(26,27)28;1-3-5-6-7-8-9-10-12-13-11-4-2/h;13H,3-12H2,1-2H3. The number of hydrogen-bond acceptors (Lipinski definition) is 1. The van der Waals surface area contributed by atoms with Crippen LogP contribution in [-0.2, 0) is 12.1 Å². The Morgan fingerprint density at radius 2 is 0.841 bits per heavy atom. The summed E-state index contributed by atoms with van der Waals surface area (Å²) in [5, 5.41) is 3.44. The van der Waals surface area contributed by atoms with Gasteiger partial charge in [-0.25, -0.2) is 35.1 Å². The highest BCUT2D eigenvalue weighted by Gasteiger charge is 2.63. The van der Waals surface area contributed by atoms with Crippen LogP contribution >= 0.6 is 0 Å². The quantitative estimate of drug-likeness (QED) is 0.103. The molecule has 0 aliphatic rings. The average Bonchev–Trinajstić information content (AvgIpc) is 2.92. The Labute approximate surface area is 241 Å². The molecule has 0 heterocycles. The fraction of sp³-hybridized carbons (Fsp3) is 0.556. The number of halogens is 16. The molecule has 0 saturated carbocycles. The van der Waals surface area contributed by atoms with Crippen LogP contribution in [0, 0.1) is 46.5 Å². The van der Waals surface area contributed by atoms with Gasteiger partial charge in [0.25, 0.3) is 0 Å². The second-order valence-electron chi connectivity index (χ2n) is 9.45. The van der Waals surface area contributed by atoms with Crippen LogP contribution in [0.15, 0.2) is 0 Å². The van der Waals surface area contributed by atoms with Crippen LogP contribution in [0.1, 0.15) is 76.3 Å². The van der Waals surface area contributed by atoms with Crippen molar-refractivity contribution in [2.75, 3.05) is 13.1 Å². The first-order valence-corrected chi connectivity index (χ1v) is 13.1. The van der Waals surface area contributed by atoms with E-state index in [0.717, 1.165) is 0 Å². The van der Waals surface area contributed by atoms with Gasteiger partial charge in [0.1, 0.15) is 5.56 Å². The smallest absolute Gasteiger partial charge is 0.317 e. The molecule has 17 heteroatoms. The van der Waals surface area contributed by atoms with Gasteiger partial charge in [0, 0.05) is 5.56 Å². The molecule has 1 N–H and O–H groups in total. The lowest BCUT2D eigenvalue weighted by atomic mass is 9.88. The minimum Gasteiger partial charge on any atom is -0.317 e. The molecule has 0 atom stereocenters. The van der Waals surface area contributed by atoms with Crippen LogP contribution in [0.3, 0.4) is 0 Å². The maximum absolute atomic E-state index is 13.9. The maximum Gasteiger partial charge on any atom is 0.458 e. The Bertz CT molecular complexity index is 1210. The van der Waals surface area contributed by atoms with Crippen molar-refractivity contribution >= 4 is 0 Å². The van der Waals surface area contributed by atoms with E-state index in [0.29, 0.717) is 0 Å². The molecule has 0 aliphatic carbocycles. The summed E-state index contributed by atoms with van der Waals surface area (Å²) in [4.78, 5) is 0. The predicted molar refractivity (Wildman–Crippen MR) is 128 cm³/mol. The van der Waals surface area contributed by atoms with Gasteiger partial charge in [-0.15, -0.1) is 0 Å². The average molecular weight is 669 g/mol. The summed E-state index contributed by atoms with van der Waals surface area (Å²) in [5.41, 5.74) is -14.2. The second-order valence-corrected chi connectivity index (χ2v) is 9.45. The highest BCUT2D eigenvalue weighted by molar-refractivity contribution is 5.75. The molecule has 0 fully saturated rings. The van der Waals surface area contributed by atoms with E-state index in [1.165, 1.54) is 64.5 Å². The van der Waals surface area contributed by atoms with E-state index in [4.69, 9.17) is 0 Å². The summed E-state index contributed by atoms with van der Waals surface area (Å²) >= 11 is 0. The summed E-state index contributed by atoms with van der Waals surface area (Å²) < 4.78 is 214. The Morgan fingerprint density at radius 3 is 1.27 bits per heavy atom. The summed E-state index contributed by atoms with van der Waals surface area (Å²) in [6, 6.07) is 0. The van der Waals surface area contributed by atoms with Crippen LogP contribution in [0.5, 0.6) is 0 Å². The minimum absolute atomic E-state index is 1.19. The fourth-order valence-corrected chi connectivity index (χ4v) is 3.95. The molecule has 44 heavy (non-hydrogen) atoms. The van der Waals surface area contributed by atoms with E-state index in [1.807, 2.05) is 0 Å². The summed E-state index contributed by atoms with van der Waals surface area (Å²) in [6.07, 6.45) is -2.53. The van der Waals surface area contributed by atoms with Crippen molar-refractivity contribution in [2.45, 2.75) is 83.5 Å². The molecule has 2 aromatic carbocycles. The van der Waals surface area contributed by atoms with Gasteiger partial charge in [0.15, 0.2) is 40.7 Å². The maximum atomic E-state index is 13.9. The molecular weight excluding hydrogens is 642 g/mol. The van der Waals surface area contributed by atoms with E-state index in [1.54, 1.807) is 0 Å². The molecule has 0 saturated heterocycles. The molecule has 0 unspecified atom stereocenters. The molecule has 0 spiro atoms. The summed E-state index contributed by atoms with van der Waals surface area (Å²) in [7, 11) is 0. The molecule has 0 aliphatic heterocycles. The lowest BCUT2D eigenvalue weighted by molar-refractivity contribution is -0.290. The van der Waals surface area contributed by atoms with E-state index in [2.05, 4.69) is 19.2 Å². The van der Waals surface area contributed by atoms with Crippen LogP contribution < -0.4 is 5.32 Å². The first-order chi connectivity index (χ1) is 20.2. The van der Waals surface area contributed by atoms with Gasteiger partial charge in [-0.2, -0.15) is 35.1 Å². The van der Waals surface area contributed by atoms with Gasteiger partial charge < -0.3 is 5.32 Å². The Hall–Kier alpha value is -2.72. The van der Waals surface area contributed by atoms with E-state index in [-0.39, 0.29) is 0 Å². The van der Waals surface area contributed by atoms with E-state index < -0.39 is 87.1 Å². The SMILES string of the molecule is CCCCCCCCCNCCC.Fc1c(F)c(F)c(-c2c(C(F)(F)F)c(F)c(F)c(F)c2C(F)(F)C(F)(F)F)c(F)c1F. The number of nitrogens with one attached hydrogen (secondary N) is 1. The predicted octanol–water partition coefficient (Wildman–Crippen LogP) is 10.9. The van der Waals surface area contributed by atoms with Crippen molar-refractivity contribution in [2.24, 2.45) is 0 Å². The highest BCUT2D eigenvalue weighted by Crippen LogP contribution is 2.53. The minimum atomic E-state index is -7.10. The lowest BCUT2D eigenvalue weighted by Crippen LogP contribution is -2.36. The zero-order valence-electron chi connectivity index (χ0n) is 23.1. The molecule has 0 bridgehead atoms. The second kappa shape index (κ2) is 16.0. The van der Waals surface area contributed by atoms with E-state index >= 15 is 0 Å². The molecule has 2 rings (SSSR count). The summed E-state index contributed by atoms with van der Waals surface area (Å²) in [6.45, 7) is 6.91. The number of unbranched alkanes of at least 4 members (excludes halogenated alkanes) is 6. The topological polar surface area (TPSA) is 12.0 Å². The van der Waals surface area contributed by atoms with Crippen molar-refractivity contribution in [1.82, 2.24) is 5.32 Å². The molecule has 252 valence electrons. The van der Waals surface area contributed by atoms with Crippen LogP contribution in [-0.4, -0.2) is 19.3 Å². The van der Waals surface area contributed by atoms with Gasteiger partial charge in [-0.3, -0.25) is 0 Å². The molecule has 0 amide bonds. The number of benzene rings is 2. The monoisotopic (exact) mass is 669 g/mol. The molecule has 0 radical (unpaired) electrons. The molecule has 1 nitrogen and oxygen atoms in total. The van der Waals surface area contributed by atoms with Crippen molar-refractivity contribution in [3.05, 3.63) is 57.7 Å². The largest absolute Gasteiger partial charge is 0.458 e. The Balaban J connectivity index is 0.000000627. The zero-order chi connectivity index (χ0) is 34.2. The fourth-order valence-electron chi connectivity index (χ4n) is 3.95. The molecule has 2 aromatic rings. The third-order valence-electron chi connectivity index (χ3n) is 6.12. The van der Waals surface area contributed by atoms with Crippen LogP contribution in [0.25, 0.3) is 11.1 Å². The van der Waals surface area contributed by atoms with Gasteiger partial charge >= 0.3 is 18.3 Å². The van der Waals surface area contributed by atoms with Gasteiger partial charge in [-0.1, -0.05) is 52.4 Å². The third-order valence-corrected chi connectivity index (χ3v) is 6.12. The van der Waals surface area contributed by atoms with Gasteiger partial charge in [0.2, 0.25) is 5.82 Å². The number of rotatable bonds is 12. The van der Waals surface area contributed by atoms with Crippen molar-refractivity contribution in [3.8, 4) is 11.1 Å². The Morgan fingerprint density at radius 1 is 0.432 bits per heavy atom. The van der Waals surface area contributed by atoms with Gasteiger partial charge in [0.05, 0.1) is 11.1 Å². The van der Waals surface area contributed by atoms with E-state index in [9.17, 15) is 70.2 Å². The first kappa shape index (κ1) is 39.3. The number of alkyl halides is 8. The number of hydrogen-bond donors (Lipinski definition) is 1. The lowest BCUT2D eigenvalue weighted by Gasteiger charge is -2.26. The van der Waals surface area contributed by atoms with Crippen molar-refractivity contribution in [1.29, 1.82) is 0 Å². The van der Waals surface area contributed by atoms with Crippen LogP contribution in [0.4, 0.5) is 70.2 Å². The molecule has 0 aromatic heterocycles. The highest BCUT2D eigenvalue weighted by atomic mass is 19.4. The Kier molecular flexibility index (Phi) is 14.3. The normalized spacial score (nSPS) is 12.4.